The van der Waals surface area contributed by atoms with Crippen molar-refractivity contribution in [3.05, 3.63) is 81.0 Å². The topological polar surface area (TPSA) is 115 Å². The van der Waals surface area contributed by atoms with Crippen LogP contribution in [0.1, 0.15) is 40.4 Å². The van der Waals surface area contributed by atoms with E-state index in [1.54, 1.807) is 25.3 Å². The Morgan fingerprint density at radius 1 is 1.18 bits per heavy atom. The first-order chi connectivity index (χ1) is 16.1. The standard InChI is InChI=1S/C23H23F3N6O2/c1-13-2-4-16(23(24,25)26)8-15(13)11-29-20-22(34)32-17(12-30-20)5-6-18(32)21(33)31-10-14-3-7-19(27)28-9-14/h2-4,7-9,12,18H,5-6,10-11H2,1H3,(H2,27,28)(H,29,30)(H,31,33). The first-order valence-corrected chi connectivity index (χ1v) is 10.6. The van der Waals surface area contributed by atoms with E-state index >= 15 is 0 Å². The Morgan fingerprint density at radius 3 is 2.68 bits per heavy atom. The van der Waals surface area contributed by atoms with E-state index in [1.165, 1.54) is 16.8 Å². The number of aryl methyl sites for hydroxylation is 2. The van der Waals surface area contributed by atoms with Crippen LogP contribution in [0.3, 0.4) is 0 Å². The average molecular weight is 472 g/mol. The van der Waals surface area contributed by atoms with Gasteiger partial charge in [-0.25, -0.2) is 9.97 Å². The lowest BCUT2D eigenvalue weighted by molar-refractivity contribution is -0.137. The summed E-state index contributed by atoms with van der Waals surface area (Å²) in [6, 6.07) is 6.13. The number of rotatable bonds is 6. The minimum absolute atomic E-state index is 0.0155. The van der Waals surface area contributed by atoms with Crippen molar-refractivity contribution >= 4 is 17.5 Å². The molecule has 0 spiro atoms. The van der Waals surface area contributed by atoms with Gasteiger partial charge < -0.3 is 16.4 Å². The molecule has 0 radical (unpaired) electrons. The Bertz CT molecular complexity index is 1270. The van der Waals surface area contributed by atoms with E-state index < -0.39 is 23.3 Å². The second-order valence-corrected chi connectivity index (χ2v) is 8.13. The highest BCUT2D eigenvalue weighted by Gasteiger charge is 2.32. The number of nitrogens with one attached hydrogen (secondary N) is 2. The van der Waals surface area contributed by atoms with Gasteiger partial charge in [-0.05, 0) is 54.7 Å². The molecule has 2 aromatic heterocycles. The molecule has 0 saturated carbocycles. The van der Waals surface area contributed by atoms with Crippen molar-refractivity contribution in [2.75, 3.05) is 11.1 Å². The number of benzene rings is 1. The monoisotopic (exact) mass is 472 g/mol. The first-order valence-electron chi connectivity index (χ1n) is 10.6. The molecule has 11 heteroatoms. The summed E-state index contributed by atoms with van der Waals surface area (Å²) in [5, 5.41) is 5.64. The van der Waals surface area contributed by atoms with Gasteiger partial charge in [-0.3, -0.25) is 14.2 Å². The van der Waals surface area contributed by atoms with Crippen LogP contribution < -0.4 is 21.9 Å². The molecule has 1 amide bonds. The van der Waals surface area contributed by atoms with Gasteiger partial charge in [-0.2, -0.15) is 13.2 Å². The zero-order valence-corrected chi connectivity index (χ0v) is 18.3. The number of fused-ring (bicyclic) bond motifs is 1. The molecule has 3 aromatic rings. The lowest BCUT2D eigenvalue weighted by Crippen LogP contribution is -2.36. The van der Waals surface area contributed by atoms with E-state index in [-0.39, 0.29) is 24.8 Å². The number of halogens is 3. The first kappa shape index (κ1) is 23.3. The minimum atomic E-state index is -4.46. The number of hydrogen-bond acceptors (Lipinski definition) is 6. The fraction of sp³-hybridized carbons (Fsp3) is 0.304. The van der Waals surface area contributed by atoms with Crippen molar-refractivity contribution in [3.8, 4) is 0 Å². The van der Waals surface area contributed by atoms with Crippen LogP contribution in [-0.4, -0.2) is 20.4 Å². The Hall–Kier alpha value is -3.89. The summed E-state index contributed by atoms with van der Waals surface area (Å²) in [6.07, 6.45) is -0.432. The van der Waals surface area contributed by atoms with Crippen molar-refractivity contribution in [2.24, 2.45) is 0 Å². The third kappa shape index (κ3) is 4.87. The third-order valence-electron chi connectivity index (χ3n) is 5.80. The molecule has 1 aliphatic heterocycles. The lowest BCUT2D eigenvalue weighted by atomic mass is 10.0. The van der Waals surface area contributed by atoms with Crippen molar-refractivity contribution < 1.29 is 18.0 Å². The normalized spacial score (nSPS) is 15.1. The van der Waals surface area contributed by atoms with Gasteiger partial charge >= 0.3 is 6.18 Å². The number of nitrogens with zero attached hydrogens (tertiary/aromatic N) is 3. The van der Waals surface area contributed by atoms with Gasteiger partial charge in [-0.1, -0.05) is 12.1 Å². The largest absolute Gasteiger partial charge is 0.416 e. The van der Waals surface area contributed by atoms with Gasteiger partial charge in [0.2, 0.25) is 5.91 Å². The van der Waals surface area contributed by atoms with Gasteiger partial charge in [0.15, 0.2) is 5.82 Å². The summed E-state index contributed by atoms with van der Waals surface area (Å²) in [5.41, 5.74) is 6.75. The molecule has 1 atom stereocenters. The Kier molecular flexibility index (Phi) is 6.27. The minimum Gasteiger partial charge on any atom is -0.384 e. The number of nitrogen functional groups attached to an aromatic ring is 1. The molecule has 0 aliphatic carbocycles. The number of alkyl halides is 3. The van der Waals surface area contributed by atoms with Crippen LogP contribution >= 0.6 is 0 Å². The summed E-state index contributed by atoms with van der Waals surface area (Å²) in [7, 11) is 0. The van der Waals surface area contributed by atoms with Crippen LogP contribution in [0, 0.1) is 6.92 Å². The number of pyridine rings is 1. The Balaban J connectivity index is 1.49. The maximum absolute atomic E-state index is 13.1. The summed E-state index contributed by atoms with van der Waals surface area (Å²) < 4.78 is 40.5. The number of carbonyl (C=O) groups is 1. The highest BCUT2D eigenvalue weighted by molar-refractivity contribution is 5.81. The van der Waals surface area contributed by atoms with Gasteiger partial charge in [0, 0.05) is 31.2 Å². The van der Waals surface area contributed by atoms with Gasteiger partial charge in [0.05, 0.1) is 5.56 Å². The van der Waals surface area contributed by atoms with Crippen molar-refractivity contribution in [3.63, 3.8) is 0 Å². The highest BCUT2D eigenvalue weighted by atomic mass is 19.4. The summed E-state index contributed by atoms with van der Waals surface area (Å²) >= 11 is 0. The summed E-state index contributed by atoms with van der Waals surface area (Å²) in [5.74, 6) is 0.0331. The highest BCUT2D eigenvalue weighted by Crippen LogP contribution is 2.30. The molecule has 0 bridgehead atoms. The third-order valence-corrected chi connectivity index (χ3v) is 5.80. The number of anilines is 2. The van der Waals surface area contributed by atoms with Crippen molar-refractivity contribution in [2.45, 2.75) is 45.1 Å². The molecular weight excluding hydrogens is 449 g/mol. The Morgan fingerprint density at radius 2 is 1.97 bits per heavy atom. The van der Waals surface area contributed by atoms with Gasteiger partial charge in [-0.15, -0.1) is 0 Å². The number of carbonyl (C=O) groups excluding carboxylic acids is 1. The molecule has 1 aliphatic rings. The van der Waals surface area contributed by atoms with Crippen molar-refractivity contribution in [1.29, 1.82) is 0 Å². The quantitative estimate of drug-likeness (QED) is 0.508. The molecule has 34 heavy (non-hydrogen) atoms. The SMILES string of the molecule is Cc1ccc(C(F)(F)F)cc1CNc1ncc2n(c1=O)C(C(=O)NCc1ccc(N)nc1)CC2. The van der Waals surface area contributed by atoms with Gasteiger partial charge in [0.1, 0.15) is 11.9 Å². The average Bonchev–Trinajstić information content (AvgIpc) is 3.23. The number of amides is 1. The molecule has 1 aromatic carbocycles. The molecule has 1 unspecified atom stereocenters. The molecule has 8 nitrogen and oxygen atoms in total. The Labute approximate surface area is 193 Å². The maximum Gasteiger partial charge on any atom is 0.416 e. The van der Waals surface area contributed by atoms with E-state index in [9.17, 15) is 22.8 Å². The fourth-order valence-electron chi connectivity index (χ4n) is 3.88. The van der Waals surface area contributed by atoms with Crippen LogP contribution in [0.5, 0.6) is 0 Å². The van der Waals surface area contributed by atoms with Crippen LogP contribution in [0.4, 0.5) is 24.8 Å². The molecule has 3 heterocycles. The van der Waals surface area contributed by atoms with Crippen LogP contribution in [0.2, 0.25) is 0 Å². The fourth-order valence-corrected chi connectivity index (χ4v) is 3.88. The predicted octanol–water partition coefficient (Wildman–Crippen LogP) is 2.96. The number of nitrogens with two attached hydrogens (primary N) is 1. The maximum atomic E-state index is 13.1. The summed E-state index contributed by atoms with van der Waals surface area (Å²) in [6.45, 7) is 1.91. The second kappa shape index (κ2) is 9.16. The summed E-state index contributed by atoms with van der Waals surface area (Å²) in [4.78, 5) is 34.0. The molecule has 0 saturated heterocycles. The van der Waals surface area contributed by atoms with Gasteiger partial charge in [0.25, 0.3) is 5.56 Å². The number of aromatic nitrogens is 3. The van der Waals surface area contributed by atoms with E-state index in [4.69, 9.17) is 5.73 Å². The molecule has 0 fully saturated rings. The van der Waals surface area contributed by atoms with E-state index in [0.717, 1.165) is 17.7 Å². The van der Waals surface area contributed by atoms with Crippen LogP contribution in [0.25, 0.3) is 0 Å². The smallest absolute Gasteiger partial charge is 0.384 e. The number of hydrogen-bond donors (Lipinski definition) is 3. The van der Waals surface area contributed by atoms with E-state index in [0.29, 0.717) is 35.5 Å². The lowest BCUT2D eigenvalue weighted by Gasteiger charge is -2.16. The predicted molar refractivity (Wildman–Crippen MR) is 120 cm³/mol. The zero-order valence-electron chi connectivity index (χ0n) is 18.3. The molecular formula is C23H23F3N6O2. The van der Waals surface area contributed by atoms with E-state index in [1.807, 2.05) is 0 Å². The van der Waals surface area contributed by atoms with E-state index in [2.05, 4.69) is 20.6 Å². The zero-order chi connectivity index (χ0) is 24.5. The molecule has 178 valence electrons. The second-order valence-electron chi connectivity index (χ2n) is 8.13. The molecule has 4 rings (SSSR count). The molecule has 4 N–H and O–H groups in total. The van der Waals surface area contributed by atoms with Crippen LogP contribution in [0.15, 0.2) is 47.5 Å². The van der Waals surface area contributed by atoms with Crippen LogP contribution in [-0.2, 0) is 30.5 Å². The van der Waals surface area contributed by atoms with Crippen molar-refractivity contribution in [1.82, 2.24) is 19.9 Å².